The largest absolute Gasteiger partial charge is 0.393 e. The van der Waals surface area contributed by atoms with E-state index in [9.17, 15) is 19.5 Å². The molecule has 0 aliphatic carbocycles. The maximum Gasteiger partial charge on any atom is 0.278 e. The molecular formula is C17H21N3O6. The van der Waals surface area contributed by atoms with Gasteiger partial charge in [0.2, 0.25) is 0 Å². The van der Waals surface area contributed by atoms with E-state index >= 15 is 0 Å². The van der Waals surface area contributed by atoms with E-state index in [0.29, 0.717) is 5.56 Å². The summed E-state index contributed by atoms with van der Waals surface area (Å²) in [7, 11) is 2.57. The van der Waals surface area contributed by atoms with Gasteiger partial charge in [-0.2, -0.15) is 0 Å². The first-order chi connectivity index (χ1) is 12.2. The summed E-state index contributed by atoms with van der Waals surface area (Å²) in [6.07, 6.45) is -1.16. The highest BCUT2D eigenvalue weighted by Gasteiger charge is 2.47. The number of aliphatic hydroxyl groups is 2. The zero-order valence-electron chi connectivity index (χ0n) is 14.6. The van der Waals surface area contributed by atoms with E-state index < -0.39 is 36.0 Å². The van der Waals surface area contributed by atoms with Crippen molar-refractivity contribution in [2.24, 2.45) is 0 Å². The van der Waals surface area contributed by atoms with Crippen LogP contribution in [0.15, 0.2) is 24.3 Å². The highest BCUT2D eigenvalue weighted by Crippen LogP contribution is 2.18. The summed E-state index contributed by atoms with van der Waals surface area (Å²) in [5, 5.41) is 29.1. The summed E-state index contributed by atoms with van der Waals surface area (Å²) in [5.41, 5.74) is 0.107. The molecule has 1 aromatic rings. The van der Waals surface area contributed by atoms with E-state index in [-0.39, 0.29) is 5.56 Å². The Morgan fingerprint density at radius 3 is 2.27 bits per heavy atom. The van der Waals surface area contributed by atoms with Crippen molar-refractivity contribution in [1.82, 2.24) is 15.7 Å². The second-order valence-electron chi connectivity index (χ2n) is 5.50. The van der Waals surface area contributed by atoms with Gasteiger partial charge in [-0.25, -0.2) is 5.48 Å². The Bertz CT molecular complexity index is 719. The number of hydrogen-bond acceptors (Lipinski definition) is 6. The Labute approximate surface area is 150 Å². The van der Waals surface area contributed by atoms with E-state index in [0.717, 1.165) is 4.90 Å². The normalized spacial score (nSPS) is 13.5. The molecule has 0 aromatic heterocycles. The Kier molecular flexibility index (Phi) is 7.28. The van der Waals surface area contributed by atoms with Crippen molar-refractivity contribution in [2.45, 2.75) is 18.6 Å². The molecule has 5 N–H and O–H groups in total. The van der Waals surface area contributed by atoms with Gasteiger partial charge in [-0.1, -0.05) is 11.8 Å². The monoisotopic (exact) mass is 363 g/mol. The number of hydroxylamine groups is 1. The van der Waals surface area contributed by atoms with Gasteiger partial charge in [0.25, 0.3) is 17.7 Å². The van der Waals surface area contributed by atoms with Crippen LogP contribution in [0.4, 0.5) is 0 Å². The quantitative estimate of drug-likeness (QED) is 0.186. The molecule has 0 spiro atoms. The van der Waals surface area contributed by atoms with Gasteiger partial charge in [-0.15, -0.1) is 0 Å². The summed E-state index contributed by atoms with van der Waals surface area (Å²) in [6.45, 7) is 0.713. The van der Waals surface area contributed by atoms with Crippen LogP contribution in [0.2, 0.25) is 0 Å². The average molecular weight is 363 g/mol. The number of carbonyl (C=O) groups excluding carboxylic acids is 3. The topological polar surface area (TPSA) is 139 Å². The van der Waals surface area contributed by atoms with Gasteiger partial charge in [0.1, 0.15) is 6.10 Å². The first-order valence-corrected chi connectivity index (χ1v) is 7.57. The van der Waals surface area contributed by atoms with Crippen LogP contribution >= 0.6 is 0 Å². The summed E-state index contributed by atoms with van der Waals surface area (Å²) in [6, 6.07) is 5.91. The molecule has 0 saturated heterocycles. The van der Waals surface area contributed by atoms with Crippen molar-refractivity contribution in [3.05, 3.63) is 35.4 Å². The lowest BCUT2D eigenvalue weighted by Gasteiger charge is -2.34. The minimum absolute atomic E-state index is 0.182. The number of nitrogens with zero attached hydrogens (tertiary/aromatic N) is 1. The number of hydrogen-bond donors (Lipinski definition) is 5. The van der Waals surface area contributed by atoms with E-state index in [1.54, 1.807) is 0 Å². The number of benzene rings is 1. The van der Waals surface area contributed by atoms with Crippen molar-refractivity contribution in [3.63, 3.8) is 0 Å². The molecule has 3 amide bonds. The van der Waals surface area contributed by atoms with Crippen molar-refractivity contribution >= 4 is 17.7 Å². The van der Waals surface area contributed by atoms with Crippen molar-refractivity contribution in [3.8, 4) is 11.8 Å². The second-order valence-corrected chi connectivity index (χ2v) is 5.50. The predicted molar refractivity (Wildman–Crippen MR) is 90.9 cm³/mol. The Balaban J connectivity index is 3.11. The molecule has 0 bridgehead atoms. The fourth-order valence-electron chi connectivity index (χ4n) is 2.07. The Morgan fingerprint density at radius 1 is 1.23 bits per heavy atom. The van der Waals surface area contributed by atoms with Crippen LogP contribution in [0.3, 0.4) is 0 Å². The number of amides is 3. The molecule has 0 saturated carbocycles. The molecule has 0 heterocycles. The van der Waals surface area contributed by atoms with Gasteiger partial charge < -0.3 is 20.4 Å². The van der Waals surface area contributed by atoms with E-state index in [2.05, 4.69) is 17.2 Å². The van der Waals surface area contributed by atoms with Crippen molar-refractivity contribution in [2.75, 3.05) is 20.7 Å². The van der Waals surface area contributed by atoms with Crippen molar-refractivity contribution < 1.29 is 29.8 Å². The van der Waals surface area contributed by atoms with Gasteiger partial charge in [0, 0.05) is 25.2 Å². The van der Waals surface area contributed by atoms with Crippen LogP contribution in [0.5, 0.6) is 0 Å². The Hall–Kier alpha value is -2.93. The first-order valence-electron chi connectivity index (χ1n) is 7.57. The van der Waals surface area contributed by atoms with Crippen LogP contribution < -0.4 is 10.8 Å². The van der Waals surface area contributed by atoms with Crippen LogP contribution in [0.1, 0.15) is 22.8 Å². The average Bonchev–Trinajstić information content (AvgIpc) is 2.68. The summed E-state index contributed by atoms with van der Waals surface area (Å²) >= 11 is 0. The van der Waals surface area contributed by atoms with E-state index in [4.69, 9.17) is 10.3 Å². The number of nitrogens with one attached hydrogen (secondary N) is 2. The molecule has 9 nitrogen and oxygen atoms in total. The first kappa shape index (κ1) is 21.1. The van der Waals surface area contributed by atoms with Crippen LogP contribution in [-0.2, 0) is 9.59 Å². The molecule has 0 fully saturated rings. The smallest absolute Gasteiger partial charge is 0.278 e. The lowest BCUT2D eigenvalue weighted by molar-refractivity contribution is -0.148. The molecule has 1 aromatic carbocycles. The highest BCUT2D eigenvalue weighted by atomic mass is 16.5. The molecule has 2 atom stereocenters. The minimum Gasteiger partial charge on any atom is -0.393 e. The van der Waals surface area contributed by atoms with Gasteiger partial charge in [0.05, 0.1) is 6.61 Å². The standard InChI is InChI=1S/C17H21N3O6/c1-17(15(24)18-2,16(25)19-26)20(3)14(23)12-7-4-11(5-8-12)6-9-13(22)10-21/h4-5,7-8,13,21-22,26H,10H2,1-3H3,(H,18,24)(H,19,25). The van der Waals surface area contributed by atoms with Crippen molar-refractivity contribution in [1.29, 1.82) is 0 Å². The van der Waals surface area contributed by atoms with Gasteiger partial charge >= 0.3 is 0 Å². The van der Waals surface area contributed by atoms with Crippen LogP contribution in [-0.4, -0.2) is 70.4 Å². The third-order valence-corrected chi connectivity index (χ3v) is 3.88. The molecular weight excluding hydrogens is 342 g/mol. The highest BCUT2D eigenvalue weighted by molar-refractivity contribution is 6.12. The van der Waals surface area contributed by atoms with Gasteiger partial charge in [-0.05, 0) is 31.2 Å². The lowest BCUT2D eigenvalue weighted by Crippen LogP contribution is -2.64. The number of carbonyl (C=O) groups is 3. The van der Waals surface area contributed by atoms with E-state index in [1.807, 2.05) is 0 Å². The second kappa shape index (κ2) is 8.96. The molecule has 2 unspecified atom stereocenters. The number of likely N-dealkylation sites (N-methyl/N-ethyl adjacent to an activating group) is 2. The molecule has 0 radical (unpaired) electrons. The molecule has 0 aliphatic heterocycles. The Morgan fingerprint density at radius 2 is 1.81 bits per heavy atom. The third-order valence-electron chi connectivity index (χ3n) is 3.88. The molecule has 140 valence electrons. The van der Waals surface area contributed by atoms with Gasteiger partial charge in [0.15, 0.2) is 5.54 Å². The summed E-state index contributed by atoms with van der Waals surface area (Å²) in [4.78, 5) is 37.6. The molecule has 26 heavy (non-hydrogen) atoms. The zero-order valence-corrected chi connectivity index (χ0v) is 14.6. The fourth-order valence-corrected chi connectivity index (χ4v) is 2.07. The van der Waals surface area contributed by atoms with Crippen LogP contribution in [0, 0.1) is 11.8 Å². The lowest BCUT2D eigenvalue weighted by atomic mass is 9.96. The molecule has 1 rings (SSSR count). The maximum atomic E-state index is 12.6. The van der Waals surface area contributed by atoms with Gasteiger partial charge in [-0.3, -0.25) is 19.6 Å². The minimum atomic E-state index is -1.97. The SMILES string of the molecule is CNC(=O)C(C)(C(=O)NO)N(C)C(=O)c1ccc(C#CC(O)CO)cc1. The van der Waals surface area contributed by atoms with Crippen LogP contribution in [0.25, 0.3) is 0 Å². The molecule has 9 heteroatoms. The molecule has 0 aliphatic rings. The summed E-state index contributed by atoms with van der Waals surface area (Å²) in [5.74, 6) is 2.58. The summed E-state index contributed by atoms with van der Waals surface area (Å²) < 4.78 is 0. The predicted octanol–water partition coefficient (Wildman–Crippen LogP) is -1.53. The van der Waals surface area contributed by atoms with E-state index in [1.165, 1.54) is 50.8 Å². The maximum absolute atomic E-state index is 12.6. The fraction of sp³-hybridized carbons (Fsp3) is 0.353. The number of rotatable bonds is 5. The zero-order chi connectivity index (χ0) is 19.9. The third kappa shape index (κ3) is 4.37. The number of aliphatic hydroxyl groups excluding tert-OH is 2.